The number of carbonyl (C=O) groups is 2. The highest BCUT2D eigenvalue weighted by Gasteiger charge is 2.34. The molecule has 1 fully saturated rings. The number of hydrogen-bond donors (Lipinski definition) is 1. The van der Waals surface area contributed by atoms with E-state index in [1.165, 1.54) is 11.2 Å². The third kappa shape index (κ3) is 4.74. The van der Waals surface area contributed by atoms with Gasteiger partial charge in [0.1, 0.15) is 0 Å². The topological polar surface area (TPSA) is 86.8 Å². The van der Waals surface area contributed by atoms with Crippen molar-refractivity contribution in [1.82, 2.24) is 4.31 Å². The van der Waals surface area contributed by atoms with E-state index in [4.69, 9.17) is 0 Å². The van der Waals surface area contributed by atoms with Gasteiger partial charge in [-0.05, 0) is 67.6 Å². The molecule has 2 aromatic rings. The van der Waals surface area contributed by atoms with Crippen molar-refractivity contribution in [2.24, 2.45) is 5.92 Å². The molecule has 4 rings (SSSR count). The minimum atomic E-state index is -3.74. The summed E-state index contributed by atoms with van der Waals surface area (Å²) in [4.78, 5) is 26.6. The number of aryl methyl sites for hydroxylation is 1. The Kier molecular flexibility index (Phi) is 6.69. The van der Waals surface area contributed by atoms with Gasteiger partial charge in [0.15, 0.2) is 0 Å². The monoisotopic (exact) mass is 519 g/mol. The van der Waals surface area contributed by atoms with E-state index in [9.17, 15) is 18.0 Å². The molecule has 32 heavy (non-hydrogen) atoms. The first-order valence-electron chi connectivity index (χ1n) is 10.7. The molecule has 0 aliphatic carbocycles. The average Bonchev–Trinajstić information content (AvgIpc) is 2.78. The zero-order valence-corrected chi connectivity index (χ0v) is 20.3. The summed E-state index contributed by atoms with van der Waals surface area (Å²) in [5.41, 5.74) is 2.33. The first-order chi connectivity index (χ1) is 15.3. The van der Waals surface area contributed by atoms with Gasteiger partial charge in [-0.2, -0.15) is 4.31 Å². The maximum atomic E-state index is 13.4. The second kappa shape index (κ2) is 9.33. The van der Waals surface area contributed by atoms with Crippen molar-refractivity contribution in [3.63, 3.8) is 0 Å². The Labute approximate surface area is 197 Å². The fourth-order valence-electron chi connectivity index (χ4n) is 4.40. The Balaban J connectivity index is 1.51. The molecule has 0 saturated carbocycles. The molecular formula is C23H26BrN3O4S. The highest BCUT2D eigenvalue weighted by Crippen LogP contribution is 2.32. The molecule has 1 N–H and O–H groups in total. The summed E-state index contributed by atoms with van der Waals surface area (Å²) < 4.78 is 29.0. The van der Waals surface area contributed by atoms with Gasteiger partial charge in [-0.25, -0.2) is 8.42 Å². The quantitative estimate of drug-likeness (QED) is 0.665. The van der Waals surface area contributed by atoms with Crippen LogP contribution in [0.4, 0.5) is 11.4 Å². The third-order valence-corrected chi connectivity index (χ3v) is 8.39. The van der Waals surface area contributed by atoms with Crippen molar-refractivity contribution in [2.75, 3.05) is 29.9 Å². The number of halogens is 1. The normalized spacial score (nSPS) is 19.3. The van der Waals surface area contributed by atoms with E-state index in [1.54, 1.807) is 29.2 Å². The molecule has 0 unspecified atom stereocenters. The summed E-state index contributed by atoms with van der Waals surface area (Å²) >= 11 is 3.39. The zero-order valence-electron chi connectivity index (χ0n) is 17.9. The van der Waals surface area contributed by atoms with Crippen molar-refractivity contribution >= 4 is 49.1 Å². The van der Waals surface area contributed by atoms with E-state index in [0.29, 0.717) is 31.6 Å². The van der Waals surface area contributed by atoms with Crippen LogP contribution in [0.1, 0.15) is 31.7 Å². The van der Waals surface area contributed by atoms with E-state index in [1.807, 2.05) is 18.2 Å². The summed E-state index contributed by atoms with van der Waals surface area (Å²) in [7, 11) is -3.74. The van der Waals surface area contributed by atoms with Crippen LogP contribution in [0.25, 0.3) is 0 Å². The van der Waals surface area contributed by atoms with Crippen LogP contribution in [0, 0.1) is 5.92 Å². The maximum Gasteiger partial charge on any atom is 0.243 e. The number of piperidine rings is 1. The average molecular weight is 520 g/mol. The Morgan fingerprint density at radius 2 is 1.91 bits per heavy atom. The van der Waals surface area contributed by atoms with Gasteiger partial charge in [-0.15, -0.1) is 0 Å². The standard InChI is InChI=1S/C23H26BrN3O4S/c1-16(28)27-12-4-5-17-13-21(9-10-22(17)27)32(30,31)26-11-3-6-18(15-26)23(29)25-20-8-2-7-19(24)14-20/h2,7-10,13-14,18H,3-6,11-12,15H2,1H3,(H,25,29)/t18-/m1/s1. The molecule has 0 radical (unpaired) electrons. The minimum Gasteiger partial charge on any atom is -0.326 e. The Bertz CT molecular complexity index is 1150. The highest BCUT2D eigenvalue weighted by molar-refractivity contribution is 9.10. The minimum absolute atomic E-state index is 0.0445. The summed E-state index contributed by atoms with van der Waals surface area (Å²) in [6, 6.07) is 12.3. The molecule has 2 amide bonds. The number of fused-ring (bicyclic) bond motifs is 1. The Hall–Kier alpha value is -2.23. The van der Waals surface area contributed by atoms with E-state index in [-0.39, 0.29) is 23.3 Å². The van der Waals surface area contributed by atoms with E-state index in [0.717, 1.165) is 28.6 Å². The lowest BCUT2D eigenvalue weighted by atomic mass is 9.99. The molecule has 2 aromatic carbocycles. The number of benzene rings is 2. The van der Waals surface area contributed by atoms with Crippen molar-refractivity contribution < 1.29 is 18.0 Å². The largest absolute Gasteiger partial charge is 0.326 e. The lowest BCUT2D eigenvalue weighted by Gasteiger charge is -2.32. The van der Waals surface area contributed by atoms with Crippen LogP contribution in [0.2, 0.25) is 0 Å². The van der Waals surface area contributed by atoms with Crippen molar-refractivity contribution in [1.29, 1.82) is 0 Å². The smallest absolute Gasteiger partial charge is 0.243 e. The number of carbonyl (C=O) groups excluding carboxylic acids is 2. The van der Waals surface area contributed by atoms with Crippen LogP contribution in [0.5, 0.6) is 0 Å². The van der Waals surface area contributed by atoms with Gasteiger partial charge < -0.3 is 10.2 Å². The molecule has 2 heterocycles. The maximum absolute atomic E-state index is 13.4. The number of sulfonamides is 1. The predicted molar refractivity (Wildman–Crippen MR) is 127 cm³/mol. The van der Waals surface area contributed by atoms with Crippen molar-refractivity contribution in [2.45, 2.75) is 37.5 Å². The lowest BCUT2D eigenvalue weighted by Crippen LogP contribution is -2.43. The van der Waals surface area contributed by atoms with Crippen LogP contribution < -0.4 is 10.2 Å². The number of rotatable bonds is 4. The molecule has 0 bridgehead atoms. The van der Waals surface area contributed by atoms with Crippen LogP contribution in [0.3, 0.4) is 0 Å². The van der Waals surface area contributed by atoms with E-state index in [2.05, 4.69) is 21.2 Å². The number of hydrogen-bond acceptors (Lipinski definition) is 4. The number of anilines is 2. The number of nitrogens with zero attached hydrogens (tertiary/aromatic N) is 2. The third-order valence-electron chi connectivity index (χ3n) is 6.03. The summed E-state index contributed by atoms with van der Waals surface area (Å²) in [6.07, 6.45) is 2.81. The van der Waals surface area contributed by atoms with E-state index < -0.39 is 15.9 Å². The predicted octanol–water partition coefficient (Wildman–Crippen LogP) is 3.79. The fourth-order valence-corrected chi connectivity index (χ4v) is 6.37. The van der Waals surface area contributed by atoms with Gasteiger partial charge >= 0.3 is 0 Å². The first-order valence-corrected chi connectivity index (χ1v) is 13.0. The molecule has 2 aliphatic heterocycles. The molecule has 0 aromatic heterocycles. The fraction of sp³-hybridized carbons (Fsp3) is 0.391. The van der Waals surface area contributed by atoms with Crippen LogP contribution in [-0.2, 0) is 26.0 Å². The molecular weight excluding hydrogens is 494 g/mol. The molecule has 1 atom stereocenters. The summed E-state index contributed by atoms with van der Waals surface area (Å²) in [6.45, 7) is 2.71. The van der Waals surface area contributed by atoms with Gasteiger partial charge in [-0.1, -0.05) is 22.0 Å². The molecule has 2 aliphatic rings. The van der Waals surface area contributed by atoms with Gasteiger partial charge in [0.05, 0.1) is 10.8 Å². The molecule has 170 valence electrons. The van der Waals surface area contributed by atoms with Crippen LogP contribution in [0.15, 0.2) is 51.8 Å². The van der Waals surface area contributed by atoms with Crippen LogP contribution in [-0.4, -0.2) is 44.2 Å². The van der Waals surface area contributed by atoms with Crippen molar-refractivity contribution in [3.8, 4) is 0 Å². The number of amides is 2. The van der Waals surface area contributed by atoms with Crippen LogP contribution >= 0.6 is 15.9 Å². The SMILES string of the molecule is CC(=O)N1CCCc2cc(S(=O)(=O)N3CCC[C@@H](C(=O)Nc4cccc(Br)c4)C3)ccc21. The second-order valence-electron chi connectivity index (χ2n) is 8.27. The second-order valence-corrected chi connectivity index (χ2v) is 11.1. The first kappa shape index (κ1) is 22.9. The Morgan fingerprint density at radius 3 is 2.66 bits per heavy atom. The highest BCUT2D eigenvalue weighted by atomic mass is 79.9. The molecule has 1 saturated heterocycles. The molecule has 7 nitrogen and oxygen atoms in total. The van der Waals surface area contributed by atoms with Gasteiger partial charge in [0.2, 0.25) is 21.8 Å². The molecule has 0 spiro atoms. The Morgan fingerprint density at radius 1 is 1.09 bits per heavy atom. The summed E-state index contributed by atoms with van der Waals surface area (Å²) in [5.74, 6) is -0.634. The van der Waals surface area contributed by atoms with Crippen molar-refractivity contribution in [3.05, 3.63) is 52.5 Å². The van der Waals surface area contributed by atoms with Gasteiger partial charge in [0, 0.05) is 42.4 Å². The number of nitrogens with one attached hydrogen (secondary N) is 1. The van der Waals surface area contributed by atoms with E-state index >= 15 is 0 Å². The molecule has 9 heteroatoms. The summed E-state index contributed by atoms with van der Waals surface area (Å²) in [5, 5.41) is 2.89. The van der Waals surface area contributed by atoms with Gasteiger partial charge in [-0.3, -0.25) is 9.59 Å². The zero-order chi connectivity index (χ0) is 22.9. The van der Waals surface area contributed by atoms with Gasteiger partial charge in [0.25, 0.3) is 0 Å². The lowest BCUT2D eigenvalue weighted by molar-refractivity contribution is -0.121.